The summed E-state index contributed by atoms with van der Waals surface area (Å²) in [5, 5.41) is 20.7. The van der Waals surface area contributed by atoms with E-state index in [1.165, 1.54) is 16.2 Å². The molecule has 0 aliphatic carbocycles. The quantitative estimate of drug-likeness (QED) is 0.931. The SMILES string of the molecule is CCNc1nnc(C(=O)N(C)c2ccccc2C#N)s1. The fraction of sp³-hybridized carbons (Fsp3) is 0.231. The molecule has 0 aliphatic rings. The van der Waals surface area contributed by atoms with Crippen LogP contribution in [0.15, 0.2) is 24.3 Å². The highest BCUT2D eigenvalue weighted by Crippen LogP contribution is 2.22. The Balaban J connectivity index is 2.26. The second kappa shape index (κ2) is 6.12. The first-order valence-electron chi connectivity index (χ1n) is 6.02. The van der Waals surface area contributed by atoms with Crippen LogP contribution < -0.4 is 10.2 Å². The second-order valence-electron chi connectivity index (χ2n) is 3.94. The maximum absolute atomic E-state index is 12.3. The lowest BCUT2D eigenvalue weighted by atomic mass is 10.2. The van der Waals surface area contributed by atoms with Crippen molar-refractivity contribution in [2.45, 2.75) is 6.92 Å². The van der Waals surface area contributed by atoms with Crippen LogP contribution in [0.25, 0.3) is 0 Å². The highest BCUT2D eigenvalue weighted by atomic mass is 32.1. The number of aromatic nitrogens is 2. The normalized spacial score (nSPS) is 9.85. The topological polar surface area (TPSA) is 81.9 Å². The number of hydrogen-bond acceptors (Lipinski definition) is 6. The molecular weight excluding hydrogens is 274 g/mol. The molecule has 20 heavy (non-hydrogen) atoms. The van der Waals surface area contributed by atoms with E-state index in [0.717, 1.165) is 6.54 Å². The standard InChI is InChI=1S/C13H13N5OS/c1-3-15-13-17-16-11(20-13)12(19)18(2)10-7-5-4-6-9(10)8-14/h4-7H,3H2,1-2H3,(H,15,17). The number of rotatable bonds is 4. The summed E-state index contributed by atoms with van der Waals surface area (Å²) in [6.45, 7) is 2.66. The number of nitriles is 1. The molecule has 7 heteroatoms. The molecule has 0 bridgehead atoms. The van der Waals surface area contributed by atoms with Gasteiger partial charge >= 0.3 is 0 Å². The molecule has 0 aliphatic heterocycles. The summed E-state index contributed by atoms with van der Waals surface area (Å²) in [6, 6.07) is 9.00. The van der Waals surface area contributed by atoms with Gasteiger partial charge in [-0.05, 0) is 19.1 Å². The molecule has 2 aromatic rings. The monoisotopic (exact) mass is 287 g/mol. The van der Waals surface area contributed by atoms with Crippen molar-refractivity contribution in [3.8, 4) is 6.07 Å². The Labute approximate surface area is 120 Å². The number of carbonyl (C=O) groups excluding carboxylic acids is 1. The van der Waals surface area contributed by atoms with Crippen molar-refractivity contribution >= 4 is 28.1 Å². The van der Waals surface area contributed by atoms with Crippen LogP contribution >= 0.6 is 11.3 Å². The van der Waals surface area contributed by atoms with Crippen LogP contribution in [0.2, 0.25) is 0 Å². The minimum atomic E-state index is -0.283. The van der Waals surface area contributed by atoms with Gasteiger partial charge in [-0.1, -0.05) is 23.5 Å². The molecule has 0 spiro atoms. The van der Waals surface area contributed by atoms with E-state index in [-0.39, 0.29) is 10.9 Å². The smallest absolute Gasteiger partial charge is 0.289 e. The average Bonchev–Trinajstić information content (AvgIpc) is 2.94. The van der Waals surface area contributed by atoms with Gasteiger partial charge in [-0.25, -0.2) is 0 Å². The number of hydrogen-bond donors (Lipinski definition) is 1. The Morgan fingerprint density at radius 2 is 2.20 bits per heavy atom. The van der Waals surface area contributed by atoms with Gasteiger partial charge in [0, 0.05) is 13.6 Å². The Morgan fingerprint density at radius 3 is 2.90 bits per heavy atom. The number of para-hydroxylation sites is 1. The fourth-order valence-corrected chi connectivity index (χ4v) is 2.43. The third kappa shape index (κ3) is 2.75. The van der Waals surface area contributed by atoms with Gasteiger partial charge in [-0.3, -0.25) is 4.79 Å². The molecule has 0 unspecified atom stereocenters. The average molecular weight is 287 g/mol. The van der Waals surface area contributed by atoms with E-state index < -0.39 is 0 Å². The molecule has 102 valence electrons. The number of amides is 1. The fourth-order valence-electron chi connectivity index (χ4n) is 1.65. The summed E-state index contributed by atoms with van der Waals surface area (Å²) >= 11 is 1.19. The van der Waals surface area contributed by atoms with Gasteiger partial charge in [-0.2, -0.15) is 5.26 Å². The summed E-state index contributed by atoms with van der Waals surface area (Å²) in [5.41, 5.74) is 1.000. The molecule has 2 rings (SSSR count). The number of anilines is 2. The molecule has 0 atom stereocenters. The van der Waals surface area contributed by atoms with E-state index in [1.807, 2.05) is 6.92 Å². The van der Waals surface area contributed by atoms with Gasteiger partial charge in [0.1, 0.15) is 6.07 Å². The van der Waals surface area contributed by atoms with E-state index >= 15 is 0 Å². The van der Waals surface area contributed by atoms with Gasteiger partial charge in [0.05, 0.1) is 11.3 Å². The summed E-state index contributed by atoms with van der Waals surface area (Å²) in [7, 11) is 1.62. The molecule has 1 aromatic carbocycles. The van der Waals surface area contributed by atoms with Crippen molar-refractivity contribution in [1.29, 1.82) is 5.26 Å². The minimum absolute atomic E-state index is 0.283. The van der Waals surface area contributed by atoms with E-state index in [2.05, 4.69) is 21.6 Å². The molecule has 6 nitrogen and oxygen atoms in total. The van der Waals surface area contributed by atoms with Gasteiger partial charge in [0.15, 0.2) is 0 Å². The molecule has 0 fully saturated rings. The lowest BCUT2D eigenvalue weighted by Crippen LogP contribution is -2.26. The van der Waals surface area contributed by atoms with E-state index in [1.54, 1.807) is 31.3 Å². The largest absolute Gasteiger partial charge is 0.360 e. The molecule has 1 aromatic heterocycles. The Hall–Kier alpha value is -2.46. The summed E-state index contributed by atoms with van der Waals surface area (Å²) in [5.74, 6) is -0.283. The van der Waals surface area contributed by atoms with Crippen molar-refractivity contribution in [2.75, 3.05) is 23.8 Å². The first-order valence-corrected chi connectivity index (χ1v) is 6.83. The summed E-state index contributed by atoms with van der Waals surface area (Å²) < 4.78 is 0. The summed E-state index contributed by atoms with van der Waals surface area (Å²) in [4.78, 5) is 13.7. The van der Waals surface area contributed by atoms with Crippen molar-refractivity contribution < 1.29 is 4.79 Å². The number of benzene rings is 1. The van der Waals surface area contributed by atoms with Crippen LogP contribution in [-0.4, -0.2) is 29.7 Å². The Bertz CT molecular complexity index is 661. The molecule has 0 radical (unpaired) electrons. The first kappa shape index (κ1) is 14.0. The number of nitrogens with one attached hydrogen (secondary N) is 1. The van der Waals surface area contributed by atoms with Crippen LogP contribution in [0.3, 0.4) is 0 Å². The maximum Gasteiger partial charge on any atom is 0.289 e. The molecule has 1 heterocycles. The van der Waals surface area contributed by atoms with Crippen LogP contribution in [-0.2, 0) is 0 Å². The van der Waals surface area contributed by atoms with Crippen LogP contribution in [0, 0.1) is 11.3 Å². The Morgan fingerprint density at radius 1 is 1.45 bits per heavy atom. The maximum atomic E-state index is 12.3. The van der Waals surface area contributed by atoms with Crippen LogP contribution in [0.1, 0.15) is 22.3 Å². The summed E-state index contributed by atoms with van der Waals surface area (Å²) in [6.07, 6.45) is 0. The molecule has 1 N–H and O–H groups in total. The molecular formula is C13H13N5OS. The van der Waals surface area contributed by atoms with E-state index in [0.29, 0.717) is 16.4 Å². The van der Waals surface area contributed by atoms with E-state index in [9.17, 15) is 4.79 Å². The lowest BCUT2D eigenvalue weighted by molar-refractivity contribution is 0.0992. The molecule has 0 saturated carbocycles. The highest BCUT2D eigenvalue weighted by Gasteiger charge is 2.20. The zero-order chi connectivity index (χ0) is 14.5. The van der Waals surface area contributed by atoms with Crippen molar-refractivity contribution in [1.82, 2.24) is 10.2 Å². The minimum Gasteiger partial charge on any atom is -0.360 e. The zero-order valence-corrected chi connectivity index (χ0v) is 11.9. The van der Waals surface area contributed by atoms with Crippen LogP contribution in [0.4, 0.5) is 10.8 Å². The van der Waals surface area contributed by atoms with Crippen LogP contribution in [0.5, 0.6) is 0 Å². The molecule has 1 amide bonds. The molecule has 0 saturated heterocycles. The van der Waals surface area contributed by atoms with Crippen molar-refractivity contribution in [3.05, 3.63) is 34.8 Å². The zero-order valence-electron chi connectivity index (χ0n) is 11.1. The predicted octanol–water partition coefficient (Wildman–Crippen LogP) is 2.12. The van der Waals surface area contributed by atoms with Crippen molar-refractivity contribution in [2.24, 2.45) is 0 Å². The van der Waals surface area contributed by atoms with Gasteiger partial charge in [0.2, 0.25) is 10.1 Å². The Kier molecular flexibility index (Phi) is 4.27. The van der Waals surface area contributed by atoms with Gasteiger partial charge < -0.3 is 10.2 Å². The predicted molar refractivity (Wildman–Crippen MR) is 78.0 cm³/mol. The second-order valence-corrected chi connectivity index (χ2v) is 4.91. The third-order valence-corrected chi connectivity index (χ3v) is 3.50. The lowest BCUT2D eigenvalue weighted by Gasteiger charge is -2.16. The first-order chi connectivity index (χ1) is 9.67. The van der Waals surface area contributed by atoms with Gasteiger partial charge in [-0.15, -0.1) is 10.2 Å². The third-order valence-electron chi connectivity index (χ3n) is 2.63. The van der Waals surface area contributed by atoms with Crippen molar-refractivity contribution in [3.63, 3.8) is 0 Å². The highest BCUT2D eigenvalue weighted by molar-refractivity contribution is 7.17. The van der Waals surface area contributed by atoms with Gasteiger partial charge in [0.25, 0.3) is 5.91 Å². The number of nitrogens with zero attached hydrogens (tertiary/aromatic N) is 4. The van der Waals surface area contributed by atoms with E-state index in [4.69, 9.17) is 5.26 Å². The number of carbonyl (C=O) groups is 1.